The van der Waals surface area contributed by atoms with Crippen LogP contribution in [0.15, 0.2) is 18.3 Å². The molecule has 33 heavy (non-hydrogen) atoms. The molecular weight excluding hydrogens is 450 g/mol. The lowest BCUT2D eigenvalue weighted by Gasteiger charge is -2.23. The molecular formula is C21H30ClN7O4. The van der Waals surface area contributed by atoms with Crippen LogP contribution in [0.4, 0.5) is 28.8 Å². The molecule has 0 amide bonds. The lowest BCUT2D eigenvalue weighted by atomic mass is 10.2. The maximum atomic E-state index is 11.8. The molecule has 12 heteroatoms. The molecule has 1 aromatic carbocycles. The Morgan fingerprint density at radius 2 is 2.06 bits per heavy atom. The van der Waals surface area contributed by atoms with Crippen LogP contribution in [-0.4, -0.2) is 87.4 Å². The first-order valence-electron chi connectivity index (χ1n) is 10.6. The molecule has 0 bridgehead atoms. The Kier molecular flexibility index (Phi) is 8.48. The quantitative estimate of drug-likeness (QED) is 0.425. The van der Waals surface area contributed by atoms with E-state index in [-0.39, 0.29) is 11.6 Å². The van der Waals surface area contributed by atoms with Gasteiger partial charge in [0.25, 0.3) is 5.69 Å². The molecule has 1 aliphatic rings. The van der Waals surface area contributed by atoms with Crippen molar-refractivity contribution in [3.05, 3.63) is 33.5 Å². The van der Waals surface area contributed by atoms with Gasteiger partial charge in [0, 0.05) is 52.0 Å². The van der Waals surface area contributed by atoms with Gasteiger partial charge in [-0.05, 0) is 20.5 Å². The average molecular weight is 480 g/mol. The molecule has 1 aromatic heterocycles. The minimum absolute atomic E-state index is 0.0431. The number of nitrogens with one attached hydrogen (secondary N) is 1. The van der Waals surface area contributed by atoms with Crippen molar-refractivity contribution in [3.63, 3.8) is 0 Å². The summed E-state index contributed by atoms with van der Waals surface area (Å²) in [6.45, 7) is 4.08. The number of hydrogen-bond donors (Lipinski definition) is 1. The molecule has 1 aliphatic heterocycles. The van der Waals surface area contributed by atoms with Gasteiger partial charge in [-0.15, -0.1) is 0 Å². The molecule has 0 saturated carbocycles. The molecule has 0 unspecified atom stereocenters. The summed E-state index contributed by atoms with van der Waals surface area (Å²) in [4.78, 5) is 26.2. The zero-order valence-electron chi connectivity index (χ0n) is 19.4. The number of anilines is 4. The fourth-order valence-corrected chi connectivity index (χ4v) is 3.68. The minimum Gasteiger partial charge on any atom is -0.494 e. The van der Waals surface area contributed by atoms with Gasteiger partial charge in [-0.25, -0.2) is 4.98 Å². The van der Waals surface area contributed by atoms with Gasteiger partial charge in [-0.3, -0.25) is 10.1 Å². The number of hydrogen-bond acceptors (Lipinski definition) is 10. The van der Waals surface area contributed by atoms with Crippen molar-refractivity contribution in [3.8, 4) is 5.75 Å². The van der Waals surface area contributed by atoms with E-state index in [2.05, 4.69) is 15.3 Å². The Bertz CT molecular complexity index is 968. The molecule has 1 fully saturated rings. The summed E-state index contributed by atoms with van der Waals surface area (Å²) in [5.41, 5.74) is 0.811. The highest BCUT2D eigenvalue weighted by molar-refractivity contribution is 6.32. The van der Waals surface area contributed by atoms with E-state index in [1.54, 1.807) is 6.07 Å². The third-order valence-electron chi connectivity index (χ3n) is 5.28. The van der Waals surface area contributed by atoms with Gasteiger partial charge < -0.3 is 29.5 Å². The lowest BCUT2D eigenvalue weighted by molar-refractivity contribution is -0.384. The molecule has 0 radical (unpaired) electrons. The average Bonchev–Trinajstić information content (AvgIpc) is 3.07. The van der Waals surface area contributed by atoms with E-state index in [0.717, 1.165) is 19.5 Å². The van der Waals surface area contributed by atoms with Gasteiger partial charge in [-0.1, -0.05) is 11.6 Å². The number of nitrogens with zero attached hydrogens (tertiary/aromatic N) is 6. The summed E-state index contributed by atoms with van der Waals surface area (Å²) in [7, 11) is 7.24. The van der Waals surface area contributed by atoms with Gasteiger partial charge in [0.15, 0.2) is 5.82 Å². The highest BCUT2D eigenvalue weighted by Gasteiger charge is 2.23. The third kappa shape index (κ3) is 6.34. The molecule has 3 rings (SSSR count). The summed E-state index contributed by atoms with van der Waals surface area (Å²) < 4.78 is 11.0. The van der Waals surface area contributed by atoms with Gasteiger partial charge in [0.1, 0.15) is 16.5 Å². The van der Waals surface area contributed by atoms with Crippen molar-refractivity contribution in [1.82, 2.24) is 14.9 Å². The van der Waals surface area contributed by atoms with E-state index >= 15 is 0 Å². The van der Waals surface area contributed by atoms with Crippen LogP contribution < -0.4 is 19.9 Å². The first kappa shape index (κ1) is 24.7. The Hall–Kier alpha value is -2.89. The van der Waals surface area contributed by atoms with Gasteiger partial charge in [-0.2, -0.15) is 4.98 Å². The number of methoxy groups -OCH3 is 1. The highest BCUT2D eigenvalue weighted by Crippen LogP contribution is 2.39. The maximum Gasteiger partial charge on any atom is 0.294 e. The number of nitro benzene ring substituents is 1. The van der Waals surface area contributed by atoms with Gasteiger partial charge >= 0.3 is 0 Å². The van der Waals surface area contributed by atoms with Crippen molar-refractivity contribution in [2.24, 2.45) is 0 Å². The molecule has 1 saturated heterocycles. The van der Waals surface area contributed by atoms with Crippen molar-refractivity contribution < 1.29 is 14.4 Å². The lowest BCUT2D eigenvalue weighted by Crippen LogP contribution is -2.29. The summed E-state index contributed by atoms with van der Waals surface area (Å²) in [6, 6.07) is 3.09. The third-order valence-corrected chi connectivity index (χ3v) is 5.55. The SMILES string of the molecule is COc1cc(N(C)CCN(C)C)c([N+](=O)[O-])cc1Nc1ncc(Cl)c(N2CCCOCC2)n1. The number of rotatable bonds is 9. The zero-order chi connectivity index (χ0) is 24.0. The summed E-state index contributed by atoms with van der Waals surface area (Å²) in [5, 5.41) is 15.3. The van der Waals surface area contributed by atoms with Gasteiger partial charge in [0.2, 0.25) is 5.95 Å². The van der Waals surface area contributed by atoms with Crippen LogP contribution >= 0.6 is 11.6 Å². The molecule has 0 aliphatic carbocycles. The number of likely N-dealkylation sites (N-methyl/N-ethyl adjacent to an activating group) is 2. The topological polar surface area (TPSA) is 109 Å². The number of benzene rings is 1. The molecule has 2 heterocycles. The van der Waals surface area contributed by atoms with Crippen LogP contribution in [0.25, 0.3) is 0 Å². The van der Waals surface area contributed by atoms with Crippen LogP contribution in [0.5, 0.6) is 5.75 Å². The van der Waals surface area contributed by atoms with E-state index < -0.39 is 4.92 Å². The van der Waals surface area contributed by atoms with Crippen LogP contribution in [-0.2, 0) is 4.74 Å². The first-order chi connectivity index (χ1) is 15.8. The maximum absolute atomic E-state index is 11.8. The molecule has 180 valence electrons. The fraction of sp³-hybridized carbons (Fsp3) is 0.524. The number of nitro groups is 1. The van der Waals surface area contributed by atoms with Crippen molar-refractivity contribution in [2.45, 2.75) is 6.42 Å². The predicted molar refractivity (Wildman–Crippen MR) is 129 cm³/mol. The zero-order valence-corrected chi connectivity index (χ0v) is 20.1. The van der Waals surface area contributed by atoms with Crippen LogP contribution in [0, 0.1) is 10.1 Å². The van der Waals surface area contributed by atoms with E-state index in [1.807, 2.05) is 35.8 Å². The molecule has 2 aromatic rings. The molecule has 1 N–H and O–H groups in total. The number of halogens is 1. The normalized spacial score (nSPS) is 14.2. The van der Waals surface area contributed by atoms with E-state index in [9.17, 15) is 10.1 Å². The Morgan fingerprint density at radius 1 is 1.27 bits per heavy atom. The fourth-order valence-electron chi connectivity index (χ4n) is 3.47. The van der Waals surface area contributed by atoms with Gasteiger partial charge in [0.05, 0.1) is 30.5 Å². The Balaban J connectivity index is 1.92. The van der Waals surface area contributed by atoms with E-state index in [1.165, 1.54) is 19.4 Å². The second-order valence-corrected chi connectivity index (χ2v) is 8.37. The summed E-state index contributed by atoms with van der Waals surface area (Å²) in [6.07, 6.45) is 2.38. The Morgan fingerprint density at radius 3 is 2.76 bits per heavy atom. The molecule has 11 nitrogen and oxygen atoms in total. The van der Waals surface area contributed by atoms with Crippen LogP contribution in [0.2, 0.25) is 5.02 Å². The van der Waals surface area contributed by atoms with E-state index in [4.69, 9.17) is 21.1 Å². The standard InChI is InChI=1S/C21H30ClN7O4/c1-26(2)7-8-27(3)17-13-19(32-4)16(12-18(17)29(30)31)24-21-23-14-15(22)20(25-21)28-6-5-10-33-11-9-28/h12-14H,5-11H2,1-4H3,(H,23,24,25). The second-order valence-electron chi connectivity index (χ2n) is 7.97. The first-order valence-corrected chi connectivity index (χ1v) is 11.0. The Labute approximate surface area is 198 Å². The van der Waals surface area contributed by atoms with Crippen molar-refractivity contribution >= 4 is 40.4 Å². The number of aromatic nitrogens is 2. The second kappa shape index (κ2) is 11.3. The smallest absolute Gasteiger partial charge is 0.294 e. The van der Waals surface area contributed by atoms with E-state index in [0.29, 0.717) is 54.3 Å². The molecule has 0 spiro atoms. The summed E-state index contributed by atoms with van der Waals surface area (Å²) >= 11 is 6.36. The van der Waals surface area contributed by atoms with Crippen LogP contribution in [0.1, 0.15) is 6.42 Å². The monoisotopic (exact) mass is 479 g/mol. The minimum atomic E-state index is -0.405. The van der Waals surface area contributed by atoms with Crippen molar-refractivity contribution in [1.29, 1.82) is 0 Å². The highest BCUT2D eigenvalue weighted by atomic mass is 35.5. The largest absolute Gasteiger partial charge is 0.494 e. The number of ether oxygens (including phenoxy) is 2. The van der Waals surface area contributed by atoms with Crippen molar-refractivity contribution in [2.75, 3.05) is 82.8 Å². The van der Waals surface area contributed by atoms with Crippen LogP contribution in [0.3, 0.4) is 0 Å². The predicted octanol–water partition coefficient (Wildman–Crippen LogP) is 3.01. The molecule has 0 atom stereocenters. The summed E-state index contributed by atoms with van der Waals surface area (Å²) in [5.74, 6) is 1.30.